The SMILES string of the molecule is C=CCOC(=O)OCCO[C@@H]1CC[C@@H](C[C@H]2C3CCCN4C(=O)C(=O)[C@]5(O)O[C@@H](CC[C@H]5C)C[C@H](OC)C(C)=CC=CC=C[C@@H](C)C[C@@H](C)C(=O)[C@H](OC)[C@H](O)C(C)C=C(C)C(=O)C[C@@H]2OC(=O)[C@H]34)C[C@H]1OC. The first-order chi connectivity index (χ1) is 34.8. The molecule has 408 valence electrons. The monoisotopic (exact) mass is 1030 g/mol. The van der Waals surface area contributed by atoms with E-state index < -0.39 is 95.8 Å². The second kappa shape index (κ2) is 28.0. The molecule has 73 heavy (non-hydrogen) atoms. The van der Waals surface area contributed by atoms with E-state index >= 15 is 0 Å². The largest absolute Gasteiger partial charge is 0.508 e. The first-order valence-electron chi connectivity index (χ1n) is 26.3. The summed E-state index contributed by atoms with van der Waals surface area (Å²) in [5.41, 5.74) is 1.18. The molecule has 1 aliphatic carbocycles. The molecule has 2 N–H and O–H groups in total. The van der Waals surface area contributed by atoms with Crippen LogP contribution in [0, 0.1) is 41.4 Å². The zero-order valence-electron chi connectivity index (χ0n) is 44.6. The van der Waals surface area contributed by atoms with Crippen LogP contribution in [0.5, 0.6) is 0 Å². The molecule has 3 saturated heterocycles. The number of ether oxygens (including phenoxy) is 8. The van der Waals surface area contributed by atoms with Crippen molar-refractivity contribution in [2.45, 2.75) is 167 Å². The maximum Gasteiger partial charge on any atom is 0.508 e. The fourth-order valence-corrected chi connectivity index (χ4v) is 11.6. The smallest absolute Gasteiger partial charge is 0.460 e. The van der Waals surface area contributed by atoms with Crippen molar-refractivity contribution < 1.29 is 76.9 Å². The summed E-state index contributed by atoms with van der Waals surface area (Å²) >= 11 is 0. The van der Waals surface area contributed by atoms with Gasteiger partial charge >= 0.3 is 12.1 Å². The van der Waals surface area contributed by atoms with Crippen LogP contribution in [0.4, 0.5) is 4.79 Å². The van der Waals surface area contributed by atoms with Crippen LogP contribution in [0.1, 0.15) is 112 Å². The number of methoxy groups -OCH3 is 3. The van der Waals surface area contributed by atoms with Gasteiger partial charge in [0, 0.05) is 64.4 Å². The van der Waals surface area contributed by atoms with Gasteiger partial charge in [-0.1, -0.05) is 76.8 Å². The van der Waals surface area contributed by atoms with Crippen molar-refractivity contribution in [3.8, 4) is 0 Å². The van der Waals surface area contributed by atoms with Crippen LogP contribution in [0.15, 0.2) is 60.3 Å². The molecule has 5 rings (SSSR count). The van der Waals surface area contributed by atoms with Gasteiger partial charge in [0.05, 0.1) is 37.1 Å². The van der Waals surface area contributed by atoms with Crippen LogP contribution in [0.25, 0.3) is 0 Å². The molecule has 4 bridgehead atoms. The van der Waals surface area contributed by atoms with Gasteiger partial charge in [-0.05, 0) is 101 Å². The Morgan fingerprint density at radius 3 is 2.34 bits per heavy atom. The molecule has 2 unspecified atom stereocenters. The minimum atomic E-state index is -2.46. The summed E-state index contributed by atoms with van der Waals surface area (Å²) in [5, 5.41) is 23.7. The molecule has 17 heteroatoms. The van der Waals surface area contributed by atoms with E-state index in [1.807, 2.05) is 51.2 Å². The lowest BCUT2D eigenvalue weighted by molar-refractivity contribution is -0.266. The van der Waals surface area contributed by atoms with Crippen LogP contribution in [-0.4, -0.2) is 153 Å². The fourth-order valence-electron chi connectivity index (χ4n) is 11.6. The molecular formula is C56H83NO16. The Morgan fingerprint density at radius 2 is 1.64 bits per heavy atom. The van der Waals surface area contributed by atoms with Crippen LogP contribution in [-0.2, 0) is 61.9 Å². The number of aliphatic hydroxyl groups is 2. The normalized spacial score (nSPS) is 36.8. The highest BCUT2D eigenvalue weighted by Gasteiger charge is 2.57. The molecule has 5 aliphatic rings. The Labute approximate surface area is 432 Å². The van der Waals surface area contributed by atoms with E-state index in [0.29, 0.717) is 69.8 Å². The molecule has 0 aromatic rings. The molecule has 1 amide bonds. The molecule has 0 aromatic heterocycles. The van der Waals surface area contributed by atoms with E-state index in [9.17, 15) is 39.0 Å². The zero-order valence-corrected chi connectivity index (χ0v) is 44.6. The molecular weight excluding hydrogens is 943 g/mol. The van der Waals surface area contributed by atoms with Crippen molar-refractivity contribution in [1.82, 2.24) is 4.90 Å². The summed E-state index contributed by atoms with van der Waals surface area (Å²) in [5.74, 6) is -8.75. The lowest BCUT2D eigenvalue weighted by Gasteiger charge is -2.50. The minimum absolute atomic E-state index is 0.00970. The Bertz CT molecular complexity index is 2050. The number of piperidine rings is 1. The van der Waals surface area contributed by atoms with Crippen molar-refractivity contribution in [3.63, 3.8) is 0 Å². The Balaban J connectivity index is 1.46. The number of carbonyl (C=O) groups excluding carboxylic acids is 6. The van der Waals surface area contributed by atoms with Gasteiger partial charge in [0.25, 0.3) is 11.7 Å². The van der Waals surface area contributed by atoms with Crippen LogP contribution in [0.2, 0.25) is 0 Å². The van der Waals surface area contributed by atoms with Gasteiger partial charge in [0.1, 0.15) is 31.5 Å². The third kappa shape index (κ3) is 15.4. The number of fused-ring (bicyclic) bond motifs is 4. The first kappa shape index (κ1) is 59.5. The van der Waals surface area contributed by atoms with Gasteiger partial charge in [0.2, 0.25) is 5.79 Å². The lowest BCUT2D eigenvalue weighted by atomic mass is 9.68. The number of hydrogen-bond acceptors (Lipinski definition) is 16. The number of carbonyl (C=O) groups is 6. The second-order valence-corrected chi connectivity index (χ2v) is 21.1. The Morgan fingerprint density at radius 1 is 0.890 bits per heavy atom. The summed E-state index contributed by atoms with van der Waals surface area (Å²) in [6, 6.07) is -1.17. The fraction of sp³-hybridized carbons (Fsp3) is 0.714. The lowest BCUT2D eigenvalue weighted by Crippen LogP contribution is -2.65. The highest BCUT2D eigenvalue weighted by molar-refractivity contribution is 6.39. The molecule has 4 heterocycles. The summed E-state index contributed by atoms with van der Waals surface area (Å²) in [6.45, 7) is 14.5. The minimum Gasteiger partial charge on any atom is -0.460 e. The van der Waals surface area contributed by atoms with Gasteiger partial charge in [-0.25, -0.2) is 9.59 Å². The Hall–Kier alpha value is -4.36. The highest BCUT2D eigenvalue weighted by atomic mass is 16.7. The van der Waals surface area contributed by atoms with Gasteiger partial charge in [-0.15, -0.1) is 0 Å². The molecule has 17 nitrogen and oxygen atoms in total. The molecule has 1 saturated carbocycles. The third-order valence-electron chi connectivity index (χ3n) is 15.9. The second-order valence-electron chi connectivity index (χ2n) is 21.1. The van der Waals surface area contributed by atoms with Crippen molar-refractivity contribution in [1.29, 1.82) is 0 Å². The van der Waals surface area contributed by atoms with Crippen LogP contribution in [0.3, 0.4) is 0 Å². The first-order valence-corrected chi connectivity index (χ1v) is 26.3. The molecule has 4 aliphatic heterocycles. The van der Waals surface area contributed by atoms with Crippen LogP contribution < -0.4 is 0 Å². The maximum atomic E-state index is 14.6. The quantitative estimate of drug-likeness (QED) is 0.0945. The van der Waals surface area contributed by atoms with Crippen molar-refractivity contribution >= 4 is 35.4 Å². The molecule has 16 atom stereocenters. The molecule has 0 spiro atoms. The van der Waals surface area contributed by atoms with Gasteiger partial charge in [0.15, 0.2) is 11.6 Å². The van der Waals surface area contributed by atoms with Gasteiger partial charge in [-0.3, -0.25) is 19.2 Å². The number of ketones is 3. The summed E-state index contributed by atoms with van der Waals surface area (Å²) in [7, 11) is 4.56. The van der Waals surface area contributed by atoms with E-state index in [1.54, 1.807) is 41.1 Å². The number of aliphatic hydroxyl groups excluding tert-OH is 1. The molecule has 0 aromatic carbocycles. The highest BCUT2D eigenvalue weighted by Crippen LogP contribution is 2.45. The number of hydrogen-bond donors (Lipinski definition) is 2. The van der Waals surface area contributed by atoms with E-state index in [0.717, 1.165) is 5.57 Å². The number of rotatable bonds is 11. The van der Waals surface area contributed by atoms with Crippen molar-refractivity contribution in [3.05, 3.63) is 60.3 Å². The van der Waals surface area contributed by atoms with E-state index in [4.69, 9.17) is 37.9 Å². The van der Waals surface area contributed by atoms with Gasteiger partial charge < -0.3 is 53.0 Å². The summed E-state index contributed by atoms with van der Waals surface area (Å²) < 4.78 is 45.9. The predicted molar refractivity (Wildman–Crippen MR) is 270 cm³/mol. The topological polar surface area (TPSA) is 220 Å². The van der Waals surface area contributed by atoms with E-state index in [1.165, 1.54) is 18.1 Å². The average Bonchev–Trinajstić information content (AvgIpc) is 3.37. The van der Waals surface area contributed by atoms with E-state index in [-0.39, 0.29) is 68.4 Å². The molecule has 4 fully saturated rings. The zero-order chi connectivity index (χ0) is 53.6. The standard InChI is InChI=1S/C56H83NO16/c1-11-24-70-55(64)71-26-25-69-44-22-20-39(30-47(44)67-9)29-42-41-18-15-23-57-48(41)54(63)72-46(42)32-43(58)35(4)28-37(6)50(60)51(68-10)49(59)36(5)27-33(2)16-13-12-14-17-34(3)45(66-8)31-40-21-19-38(7)56(65,73-40)52(61)53(57)62/h11-14,16-17,28,33,36-42,44-48,50-51,60,65H,1,15,18-27,29-32H2,2-10H3/t33-,36-,37?,38-,39+,40+,41?,42+,44-,45+,46+,47-,48+,50-,51+,56-/m1/s1. The summed E-state index contributed by atoms with van der Waals surface area (Å²) in [4.78, 5) is 84.6. The molecule has 0 radical (unpaired) electrons. The number of Topliss-reactive ketones (excluding diaryl/α,β-unsaturated/α-hetero) is 3. The number of amides is 1. The van der Waals surface area contributed by atoms with Crippen molar-refractivity contribution in [2.24, 2.45) is 41.4 Å². The van der Waals surface area contributed by atoms with Crippen LogP contribution >= 0.6 is 0 Å². The maximum absolute atomic E-state index is 14.6. The average molecular weight is 1030 g/mol. The number of allylic oxidation sites excluding steroid dienone is 6. The van der Waals surface area contributed by atoms with E-state index in [2.05, 4.69) is 6.58 Å². The predicted octanol–water partition coefficient (Wildman–Crippen LogP) is 6.76. The van der Waals surface area contributed by atoms with Gasteiger partial charge in [-0.2, -0.15) is 0 Å². The number of nitrogens with zero attached hydrogens (tertiary/aromatic N) is 1. The third-order valence-corrected chi connectivity index (χ3v) is 15.9. The summed E-state index contributed by atoms with van der Waals surface area (Å²) in [6.07, 6.45) is 11.6. The van der Waals surface area contributed by atoms with Crippen molar-refractivity contribution in [2.75, 3.05) is 47.7 Å². The number of esters is 1. The Kier molecular flexibility index (Phi) is 22.8.